The Balaban J connectivity index is 1.19. The van der Waals surface area contributed by atoms with Gasteiger partial charge in [-0.2, -0.15) is 0 Å². The van der Waals surface area contributed by atoms with Crippen LogP contribution in [0.3, 0.4) is 0 Å². The molecule has 0 bridgehead atoms. The number of hydrogen-bond donors (Lipinski definition) is 7. The van der Waals surface area contributed by atoms with Crippen molar-refractivity contribution in [2.24, 2.45) is 5.73 Å². The van der Waals surface area contributed by atoms with E-state index in [0.717, 1.165) is 59.3 Å². The highest BCUT2D eigenvalue weighted by atomic mass is 35.5. The van der Waals surface area contributed by atoms with E-state index >= 15 is 0 Å². The third kappa shape index (κ3) is 10.3. The molecule has 1 aromatic heterocycles. The van der Waals surface area contributed by atoms with Gasteiger partial charge in [0.1, 0.15) is 30.2 Å². The predicted octanol–water partition coefficient (Wildman–Crippen LogP) is 3.14. The van der Waals surface area contributed by atoms with Crippen LogP contribution in [0.4, 0.5) is 0 Å². The van der Waals surface area contributed by atoms with Gasteiger partial charge in [0.25, 0.3) is 0 Å². The summed E-state index contributed by atoms with van der Waals surface area (Å²) in [5.74, 6) is -0.0101. The van der Waals surface area contributed by atoms with Crippen LogP contribution in [0.15, 0.2) is 60.9 Å². The van der Waals surface area contributed by atoms with E-state index in [4.69, 9.17) is 27.2 Å². The van der Waals surface area contributed by atoms with Crippen LogP contribution >= 0.6 is 11.6 Å². The molecule has 1 unspecified atom stereocenters. The normalized spacial score (nSPS) is 17.8. The van der Waals surface area contributed by atoms with E-state index in [2.05, 4.69) is 35.4 Å². The zero-order chi connectivity index (χ0) is 37.4. The van der Waals surface area contributed by atoms with Gasteiger partial charge < -0.3 is 46.2 Å². The molecular weight excluding hydrogens is 688 g/mol. The Morgan fingerprint density at radius 2 is 1.77 bits per heavy atom. The van der Waals surface area contributed by atoms with Crippen molar-refractivity contribution in [2.45, 2.75) is 107 Å². The van der Waals surface area contributed by atoms with Crippen LogP contribution in [-0.2, 0) is 21.7 Å². The lowest BCUT2D eigenvalue weighted by molar-refractivity contribution is -0.140. The van der Waals surface area contributed by atoms with Gasteiger partial charge in [-0.05, 0) is 84.9 Å². The second kappa shape index (κ2) is 17.9. The minimum atomic E-state index is -1.83. The quantitative estimate of drug-likeness (QED) is 0.0853. The molecule has 2 fully saturated rings. The molecule has 0 saturated heterocycles. The molecule has 2 aliphatic rings. The van der Waals surface area contributed by atoms with Crippen molar-refractivity contribution in [3.05, 3.63) is 82.6 Å². The summed E-state index contributed by atoms with van der Waals surface area (Å²) < 4.78 is 6.26. The van der Waals surface area contributed by atoms with E-state index in [-0.39, 0.29) is 42.9 Å². The summed E-state index contributed by atoms with van der Waals surface area (Å²) in [6.07, 6.45) is 2.33. The van der Waals surface area contributed by atoms with Crippen molar-refractivity contribution in [2.75, 3.05) is 19.7 Å². The Hall–Kier alpha value is -3.62. The Labute approximate surface area is 309 Å². The molecule has 2 aromatic carbocycles. The first-order valence-corrected chi connectivity index (χ1v) is 18.4. The number of carbonyl (C=O) groups excluding carboxylic acids is 2. The number of nitrogens with one attached hydrogen (secondary N) is 1. The number of ether oxygens (including phenoxy) is 1. The van der Waals surface area contributed by atoms with Gasteiger partial charge in [-0.15, -0.1) is 0 Å². The number of amides is 2. The molecule has 0 radical (unpaired) electrons. The van der Waals surface area contributed by atoms with Gasteiger partial charge >= 0.3 is 0 Å². The summed E-state index contributed by atoms with van der Waals surface area (Å²) >= 11 is 6.71. The first-order chi connectivity index (χ1) is 24.9. The van der Waals surface area contributed by atoms with Crippen molar-refractivity contribution in [3.63, 3.8) is 0 Å². The molecule has 2 saturated carbocycles. The van der Waals surface area contributed by atoms with Gasteiger partial charge in [-0.25, -0.2) is 0 Å². The van der Waals surface area contributed by atoms with E-state index in [0.29, 0.717) is 24.4 Å². The smallest absolute Gasteiger partial charge is 0.222 e. The van der Waals surface area contributed by atoms with Crippen molar-refractivity contribution in [1.82, 2.24) is 15.2 Å². The van der Waals surface area contributed by atoms with Crippen LogP contribution in [0, 0.1) is 0 Å². The van der Waals surface area contributed by atoms with Crippen LogP contribution in [0.25, 0.3) is 11.1 Å². The van der Waals surface area contributed by atoms with Crippen molar-refractivity contribution >= 4 is 23.4 Å². The molecule has 52 heavy (non-hydrogen) atoms. The van der Waals surface area contributed by atoms with Crippen LogP contribution in [0.1, 0.15) is 80.9 Å². The average Bonchev–Trinajstić information content (AvgIpc) is 4.09. The number of hydrogen-bond acceptors (Lipinski definition) is 10. The third-order valence-electron chi connectivity index (χ3n) is 10.1. The zero-order valence-electron chi connectivity index (χ0n) is 29.5. The number of pyridine rings is 1. The molecule has 2 amide bonds. The van der Waals surface area contributed by atoms with Gasteiger partial charge in [-0.1, -0.05) is 48.9 Å². The molecule has 5 rings (SSSR count). The Morgan fingerprint density at radius 3 is 2.46 bits per heavy atom. The molecule has 12 nitrogen and oxygen atoms in total. The number of nitrogens with zero attached hydrogens (tertiary/aromatic N) is 2. The van der Waals surface area contributed by atoms with E-state index in [9.17, 15) is 30.0 Å². The van der Waals surface area contributed by atoms with Gasteiger partial charge in [0.2, 0.25) is 11.8 Å². The van der Waals surface area contributed by atoms with E-state index in [1.165, 1.54) is 4.90 Å². The lowest BCUT2D eigenvalue weighted by atomic mass is 9.93. The topological polar surface area (TPSA) is 199 Å². The SMILES string of the molecule is CC(CCCC(=O)N(CCC(N)=O)C[C@H](O)[C@@H](O)[C@H](O)[C@H](O)CO)c1ccc(Cl)c(CNC2(c3cnccc3-c3ccccc3OC3CC3)CC2)c1. The van der Waals surface area contributed by atoms with Gasteiger partial charge in [0.05, 0.1) is 12.7 Å². The fraction of sp³-hybridized carbons (Fsp3) is 0.513. The number of rotatable bonds is 21. The molecule has 13 heteroatoms. The summed E-state index contributed by atoms with van der Waals surface area (Å²) in [6, 6.07) is 16.2. The number of carbonyl (C=O) groups is 2. The second-order valence-electron chi connectivity index (χ2n) is 14.2. The largest absolute Gasteiger partial charge is 0.490 e. The van der Waals surface area contributed by atoms with E-state index in [1.54, 1.807) is 0 Å². The van der Waals surface area contributed by atoms with Crippen molar-refractivity contribution in [1.29, 1.82) is 0 Å². The standard InChI is InChI=1S/C39H51ClN4O8/c1-24(5-4-8-36(49)44(18-14-35(41)48)22-32(46)37(50)38(51)33(47)23-45)25-9-12-31(40)26(19-25)20-43-39(15-16-39)30-21-42-17-13-28(30)29-6-2-3-7-34(29)52-27-10-11-27/h2-3,6-7,9,12-13,17,19,21,24,27,32-33,37-38,43,45-47,50-51H,4-5,8,10-11,14-16,18,20,22-23H2,1H3,(H2,41,48)/t24?,32-,33+,37+,38+/m0/s1. The summed E-state index contributed by atoms with van der Waals surface area (Å²) in [7, 11) is 0. The molecular formula is C39H51ClN4O8. The van der Waals surface area contributed by atoms with E-state index in [1.807, 2.05) is 42.7 Å². The monoisotopic (exact) mass is 738 g/mol. The van der Waals surface area contributed by atoms with Gasteiger partial charge in [0.15, 0.2) is 0 Å². The number of primary amides is 1. The summed E-state index contributed by atoms with van der Waals surface area (Å²) in [6.45, 7) is 1.34. The van der Waals surface area contributed by atoms with Crippen LogP contribution in [0.2, 0.25) is 5.02 Å². The fourth-order valence-corrected chi connectivity index (χ4v) is 6.66. The second-order valence-corrected chi connectivity index (χ2v) is 14.6. The zero-order valence-corrected chi connectivity index (χ0v) is 30.3. The minimum absolute atomic E-state index is 0.0809. The Morgan fingerprint density at radius 1 is 1.04 bits per heavy atom. The first-order valence-electron chi connectivity index (χ1n) is 18.1. The van der Waals surface area contributed by atoms with Crippen molar-refractivity contribution < 1.29 is 39.9 Å². The molecule has 1 heterocycles. The molecule has 5 atom stereocenters. The summed E-state index contributed by atoms with van der Waals surface area (Å²) in [5.41, 5.74) is 10.4. The minimum Gasteiger partial charge on any atom is -0.490 e. The fourth-order valence-electron chi connectivity index (χ4n) is 6.48. The third-order valence-corrected chi connectivity index (χ3v) is 10.4. The average molecular weight is 739 g/mol. The molecule has 8 N–H and O–H groups in total. The number of nitrogens with two attached hydrogens (primary N) is 1. The Kier molecular flexibility index (Phi) is 13.7. The number of para-hydroxylation sites is 1. The number of halogens is 1. The number of benzene rings is 2. The molecule has 0 spiro atoms. The number of aromatic nitrogens is 1. The predicted molar refractivity (Wildman–Crippen MR) is 196 cm³/mol. The molecule has 3 aromatic rings. The highest BCUT2D eigenvalue weighted by molar-refractivity contribution is 6.31. The maximum Gasteiger partial charge on any atom is 0.222 e. The lowest BCUT2D eigenvalue weighted by Gasteiger charge is -2.30. The lowest BCUT2D eigenvalue weighted by Crippen LogP contribution is -2.51. The van der Waals surface area contributed by atoms with Gasteiger partial charge in [-0.3, -0.25) is 14.6 Å². The highest BCUT2D eigenvalue weighted by Gasteiger charge is 2.46. The number of aliphatic hydroxyl groups is 5. The van der Waals surface area contributed by atoms with Gasteiger partial charge in [0, 0.05) is 61.0 Å². The molecule has 282 valence electrons. The van der Waals surface area contributed by atoms with Crippen molar-refractivity contribution in [3.8, 4) is 16.9 Å². The maximum absolute atomic E-state index is 13.2. The Bertz CT molecular complexity index is 1670. The van der Waals surface area contributed by atoms with Crippen LogP contribution in [0.5, 0.6) is 5.75 Å². The summed E-state index contributed by atoms with van der Waals surface area (Å²) in [5, 5.41) is 53.8. The molecule has 0 aliphatic heterocycles. The maximum atomic E-state index is 13.2. The first kappa shape index (κ1) is 39.6. The van der Waals surface area contributed by atoms with Crippen LogP contribution in [-0.4, -0.2) is 97.4 Å². The summed E-state index contributed by atoms with van der Waals surface area (Å²) in [4.78, 5) is 30.3. The van der Waals surface area contributed by atoms with E-state index < -0.39 is 43.5 Å². The highest BCUT2D eigenvalue weighted by Crippen LogP contribution is 2.50. The van der Waals surface area contributed by atoms with Crippen LogP contribution < -0.4 is 15.8 Å². The number of aliphatic hydroxyl groups excluding tert-OH is 5. The molecule has 2 aliphatic carbocycles.